The molecule has 0 radical (unpaired) electrons. The summed E-state index contributed by atoms with van der Waals surface area (Å²) >= 11 is 0. The molecule has 0 aromatic heterocycles. The van der Waals surface area contributed by atoms with E-state index in [-0.39, 0.29) is 5.91 Å². The molecule has 18 heavy (non-hydrogen) atoms. The van der Waals surface area contributed by atoms with E-state index in [1.165, 1.54) is 0 Å². The number of carbonyl (C=O) groups excluding carboxylic acids is 1. The standard InChI is InChI=1S/C15H20N2O/c1-12(2)9-10-17-15(18)8-7-13-3-5-14(11-16)6-4-13/h3-6,12H,7-10H2,1-2H3,(H,17,18). The van der Waals surface area contributed by atoms with Gasteiger partial charge in [0.2, 0.25) is 5.91 Å². The molecule has 0 saturated carbocycles. The lowest BCUT2D eigenvalue weighted by atomic mass is 10.1. The van der Waals surface area contributed by atoms with Crippen molar-refractivity contribution in [2.45, 2.75) is 33.1 Å². The Hall–Kier alpha value is -1.82. The van der Waals surface area contributed by atoms with Gasteiger partial charge in [-0.25, -0.2) is 0 Å². The molecule has 3 nitrogen and oxygen atoms in total. The van der Waals surface area contributed by atoms with Crippen LogP contribution in [0.2, 0.25) is 0 Å². The maximum absolute atomic E-state index is 11.6. The molecule has 1 amide bonds. The minimum absolute atomic E-state index is 0.0972. The molecule has 3 heteroatoms. The van der Waals surface area contributed by atoms with Gasteiger partial charge in [0, 0.05) is 13.0 Å². The summed E-state index contributed by atoms with van der Waals surface area (Å²) in [6.07, 6.45) is 2.24. The summed E-state index contributed by atoms with van der Waals surface area (Å²) in [7, 11) is 0. The van der Waals surface area contributed by atoms with Crippen molar-refractivity contribution in [2.75, 3.05) is 6.54 Å². The quantitative estimate of drug-likeness (QED) is 0.836. The Morgan fingerprint density at radius 3 is 2.56 bits per heavy atom. The number of carbonyl (C=O) groups is 1. The molecule has 1 N–H and O–H groups in total. The highest BCUT2D eigenvalue weighted by Crippen LogP contribution is 2.06. The van der Waals surface area contributed by atoms with Crippen LogP contribution in [-0.2, 0) is 11.2 Å². The van der Waals surface area contributed by atoms with Crippen molar-refractivity contribution in [3.63, 3.8) is 0 Å². The van der Waals surface area contributed by atoms with Gasteiger partial charge in [0.15, 0.2) is 0 Å². The fraction of sp³-hybridized carbons (Fsp3) is 0.467. The Morgan fingerprint density at radius 2 is 2.00 bits per heavy atom. The fourth-order valence-corrected chi connectivity index (χ4v) is 1.59. The maximum atomic E-state index is 11.6. The average Bonchev–Trinajstić information content (AvgIpc) is 2.36. The molecule has 1 aromatic rings. The van der Waals surface area contributed by atoms with Crippen molar-refractivity contribution in [1.29, 1.82) is 5.26 Å². The van der Waals surface area contributed by atoms with Crippen LogP contribution in [0.4, 0.5) is 0 Å². The third-order valence-corrected chi connectivity index (χ3v) is 2.77. The second-order valence-electron chi connectivity index (χ2n) is 4.84. The van der Waals surface area contributed by atoms with Crippen LogP contribution in [0, 0.1) is 17.2 Å². The molecule has 0 unspecified atom stereocenters. The molecule has 1 aromatic carbocycles. The first-order valence-corrected chi connectivity index (χ1v) is 6.37. The Labute approximate surface area is 109 Å². The molecule has 0 heterocycles. The fourth-order valence-electron chi connectivity index (χ4n) is 1.59. The van der Waals surface area contributed by atoms with E-state index in [2.05, 4.69) is 25.2 Å². The van der Waals surface area contributed by atoms with Crippen LogP contribution in [0.15, 0.2) is 24.3 Å². The van der Waals surface area contributed by atoms with Gasteiger partial charge in [-0.05, 0) is 36.5 Å². The first-order chi connectivity index (χ1) is 8.61. The molecule has 1 rings (SSSR count). The number of amides is 1. The van der Waals surface area contributed by atoms with Crippen molar-refractivity contribution in [3.8, 4) is 6.07 Å². The molecule has 0 atom stereocenters. The second kappa shape index (κ2) is 7.50. The molecule has 0 aliphatic rings. The number of nitriles is 1. The number of nitrogens with one attached hydrogen (secondary N) is 1. The summed E-state index contributed by atoms with van der Waals surface area (Å²) in [6.45, 7) is 5.04. The van der Waals surface area contributed by atoms with Crippen LogP contribution >= 0.6 is 0 Å². The Kier molecular flexibility index (Phi) is 5.93. The summed E-state index contributed by atoms with van der Waals surface area (Å²) in [5, 5.41) is 11.6. The van der Waals surface area contributed by atoms with Gasteiger partial charge in [-0.2, -0.15) is 5.26 Å². The lowest BCUT2D eigenvalue weighted by Crippen LogP contribution is -2.25. The lowest BCUT2D eigenvalue weighted by Gasteiger charge is -2.07. The molecule has 0 spiro atoms. The molecule has 0 saturated heterocycles. The largest absolute Gasteiger partial charge is 0.356 e. The van der Waals surface area contributed by atoms with Gasteiger partial charge in [-0.1, -0.05) is 26.0 Å². The van der Waals surface area contributed by atoms with E-state index in [0.717, 1.165) is 24.9 Å². The number of aryl methyl sites for hydroxylation is 1. The first kappa shape index (κ1) is 14.2. The summed E-state index contributed by atoms with van der Waals surface area (Å²) in [4.78, 5) is 11.6. The van der Waals surface area contributed by atoms with Gasteiger partial charge in [0.25, 0.3) is 0 Å². The van der Waals surface area contributed by atoms with Gasteiger partial charge in [-0.15, -0.1) is 0 Å². The number of nitrogens with zero attached hydrogens (tertiary/aromatic N) is 1. The van der Waals surface area contributed by atoms with E-state index in [0.29, 0.717) is 17.9 Å². The molecular weight excluding hydrogens is 224 g/mol. The minimum atomic E-state index is 0.0972. The van der Waals surface area contributed by atoms with Crippen molar-refractivity contribution < 1.29 is 4.79 Å². The smallest absolute Gasteiger partial charge is 0.220 e. The SMILES string of the molecule is CC(C)CCNC(=O)CCc1ccc(C#N)cc1. The van der Waals surface area contributed by atoms with Gasteiger partial charge in [0.05, 0.1) is 11.6 Å². The molecule has 0 aliphatic heterocycles. The highest BCUT2D eigenvalue weighted by molar-refractivity contribution is 5.76. The van der Waals surface area contributed by atoms with Crippen LogP contribution in [0.1, 0.15) is 37.8 Å². The summed E-state index contributed by atoms with van der Waals surface area (Å²) in [6, 6.07) is 9.45. The van der Waals surface area contributed by atoms with E-state index >= 15 is 0 Å². The van der Waals surface area contributed by atoms with E-state index in [9.17, 15) is 4.79 Å². The van der Waals surface area contributed by atoms with Crippen molar-refractivity contribution in [3.05, 3.63) is 35.4 Å². The van der Waals surface area contributed by atoms with E-state index in [1.54, 1.807) is 12.1 Å². The average molecular weight is 244 g/mol. The summed E-state index contributed by atoms with van der Waals surface area (Å²) in [5.74, 6) is 0.712. The van der Waals surface area contributed by atoms with Crippen LogP contribution in [0.25, 0.3) is 0 Å². The predicted molar refractivity (Wildman–Crippen MR) is 71.9 cm³/mol. The third kappa shape index (κ3) is 5.49. The summed E-state index contributed by atoms with van der Waals surface area (Å²) in [5.41, 5.74) is 1.74. The zero-order valence-electron chi connectivity index (χ0n) is 11.1. The van der Waals surface area contributed by atoms with Crippen LogP contribution in [0.3, 0.4) is 0 Å². The van der Waals surface area contributed by atoms with Gasteiger partial charge in [0.1, 0.15) is 0 Å². The van der Waals surface area contributed by atoms with Gasteiger partial charge >= 0.3 is 0 Å². The first-order valence-electron chi connectivity index (χ1n) is 6.37. The van der Waals surface area contributed by atoms with Crippen LogP contribution < -0.4 is 5.32 Å². The zero-order chi connectivity index (χ0) is 13.4. The highest BCUT2D eigenvalue weighted by atomic mass is 16.1. The van der Waals surface area contributed by atoms with Gasteiger partial charge in [-0.3, -0.25) is 4.79 Å². The molecule has 96 valence electrons. The monoisotopic (exact) mass is 244 g/mol. The Bertz CT molecular complexity index is 415. The van der Waals surface area contributed by atoms with Crippen LogP contribution in [-0.4, -0.2) is 12.5 Å². The van der Waals surface area contributed by atoms with Crippen molar-refractivity contribution >= 4 is 5.91 Å². The zero-order valence-corrected chi connectivity index (χ0v) is 11.1. The highest BCUT2D eigenvalue weighted by Gasteiger charge is 2.02. The number of hydrogen-bond donors (Lipinski definition) is 1. The van der Waals surface area contributed by atoms with Crippen molar-refractivity contribution in [1.82, 2.24) is 5.32 Å². The summed E-state index contributed by atoms with van der Waals surface area (Å²) < 4.78 is 0. The molecular formula is C15H20N2O. The molecule has 0 aliphatic carbocycles. The van der Waals surface area contributed by atoms with Crippen molar-refractivity contribution in [2.24, 2.45) is 5.92 Å². The van der Waals surface area contributed by atoms with E-state index < -0.39 is 0 Å². The normalized spacial score (nSPS) is 10.1. The van der Waals surface area contributed by atoms with Gasteiger partial charge < -0.3 is 5.32 Å². The predicted octanol–water partition coefficient (Wildman–Crippen LogP) is 2.65. The van der Waals surface area contributed by atoms with E-state index in [4.69, 9.17) is 5.26 Å². The Balaban J connectivity index is 2.27. The molecule has 0 fully saturated rings. The number of benzene rings is 1. The number of rotatable bonds is 6. The van der Waals surface area contributed by atoms with Crippen LogP contribution in [0.5, 0.6) is 0 Å². The topological polar surface area (TPSA) is 52.9 Å². The Morgan fingerprint density at radius 1 is 1.33 bits per heavy atom. The lowest BCUT2D eigenvalue weighted by molar-refractivity contribution is -0.121. The third-order valence-electron chi connectivity index (χ3n) is 2.77. The second-order valence-corrected chi connectivity index (χ2v) is 4.84. The number of hydrogen-bond acceptors (Lipinski definition) is 2. The molecule has 0 bridgehead atoms. The maximum Gasteiger partial charge on any atom is 0.220 e. The minimum Gasteiger partial charge on any atom is -0.356 e. The van der Waals surface area contributed by atoms with E-state index in [1.807, 2.05) is 12.1 Å².